The Morgan fingerprint density at radius 2 is 1.91 bits per heavy atom. The van der Waals surface area contributed by atoms with Gasteiger partial charge in [-0.15, -0.1) is 0 Å². The number of benzene rings is 2. The quantitative estimate of drug-likeness (QED) is 0.817. The fraction of sp³-hybridized carbons (Fsp3) is 0.400. The zero-order chi connectivity index (χ0) is 15.7. The lowest BCUT2D eigenvalue weighted by atomic mass is 9.75. The largest absolute Gasteiger partial charge is 0.392 e. The summed E-state index contributed by atoms with van der Waals surface area (Å²) in [5.41, 5.74) is 3.92. The van der Waals surface area contributed by atoms with Crippen molar-refractivity contribution >= 4 is 0 Å². The van der Waals surface area contributed by atoms with Gasteiger partial charge in [-0.2, -0.15) is 0 Å². The van der Waals surface area contributed by atoms with Gasteiger partial charge in [0.25, 0.3) is 0 Å². The predicted octanol–water partition coefficient (Wildman–Crippen LogP) is 5.28. The molecule has 0 bridgehead atoms. The topological polar surface area (TPSA) is 20.2 Å². The van der Waals surface area contributed by atoms with E-state index in [9.17, 15) is 9.50 Å². The SMILES string of the molecule is CC1(C)CCC[C@@H]1c1cc(CO)ccc1-c1ccccc1F. The molecule has 1 nitrogen and oxygen atoms in total. The van der Waals surface area contributed by atoms with E-state index in [2.05, 4.69) is 19.9 Å². The third kappa shape index (κ3) is 2.68. The fourth-order valence-electron chi connectivity index (χ4n) is 3.83. The normalized spacial score (nSPS) is 20.3. The van der Waals surface area contributed by atoms with Crippen LogP contribution in [0.1, 0.15) is 50.2 Å². The molecule has 0 spiro atoms. The van der Waals surface area contributed by atoms with Gasteiger partial charge in [-0.25, -0.2) is 4.39 Å². The highest BCUT2D eigenvalue weighted by molar-refractivity contribution is 5.69. The first-order valence-electron chi connectivity index (χ1n) is 8.01. The van der Waals surface area contributed by atoms with E-state index in [1.54, 1.807) is 6.07 Å². The minimum Gasteiger partial charge on any atom is -0.392 e. The second-order valence-electron chi connectivity index (χ2n) is 6.99. The van der Waals surface area contributed by atoms with Crippen molar-refractivity contribution in [3.05, 3.63) is 59.4 Å². The average molecular weight is 298 g/mol. The van der Waals surface area contributed by atoms with Crippen molar-refractivity contribution in [2.75, 3.05) is 0 Å². The summed E-state index contributed by atoms with van der Waals surface area (Å²) in [6.45, 7) is 4.61. The number of halogens is 1. The summed E-state index contributed by atoms with van der Waals surface area (Å²) in [6.07, 6.45) is 3.53. The third-order valence-electron chi connectivity index (χ3n) is 5.10. The predicted molar refractivity (Wildman–Crippen MR) is 88.1 cm³/mol. The van der Waals surface area contributed by atoms with Crippen molar-refractivity contribution in [2.24, 2.45) is 5.41 Å². The van der Waals surface area contributed by atoms with Crippen LogP contribution in [-0.4, -0.2) is 5.11 Å². The van der Waals surface area contributed by atoms with Gasteiger partial charge < -0.3 is 5.11 Å². The van der Waals surface area contributed by atoms with Gasteiger partial charge in [0.2, 0.25) is 0 Å². The lowest BCUT2D eigenvalue weighted by Crippen LogP contribution is -2.16. The second-order valence-corrected chi connectivity index (χ2v) is 6.99. The molecule has 0 saturated heterocycles. The Morgan fingerprint density at radius 1 is 1.14 bits per heavy atom. The van der Waals surface area contributed by atoms with E-state index in [1.165, 1.54) is 24.5 Å². The highest BCUT2D eigenvalue weighted by Gasteiger charge is 2.36. The van der Waals surface area contributed by atoms with Crippen molar-refractivity contribution < 1.29 is 9.50 Å². The minimum atomic E-state index is -0.184. The molecule has 0 amide bonds. The zero-order valence-electron chi connectivity index (χ0n) is 13.3. The number of rotatable bonds is 3. The monoisotopic (exact) mass is 298 g/mol. The van der Waals surface area contributed by atoms with Crippen LogP contribution in [0.15, 0.2) is 42.5 Å². The van der Waals surface area contributed by atoms with E-state index in [0.717, 1.165) is 17.5 Å². The van der Waals surface area contributed by atoms with Crippen LogP contribution in [-0.2, 0) is 6.61 Å². The Hall–Kier alpha value is -1.67. The number of hydrogen-bond donors (Lipinski definition) is 1. The van der Waals surface area contributed by atoms with Gasteiger partial charge in [0, 0.05) is 5.56 Å². The summed E-state index contributed by atoms with van der Waals surface area (Å²) >= 11 is 0. The fourth-order valence-corrected chi connectivity index (χ4v) is 3.83. The third-order valence-corrected chi connectivity index (χ3v) is 5.10. The first-order chi connectivity index (χ1) is 10.5. The van der Waals surface area contributed by atoms with E-state index < -0.39 is 0 Å². The van der Waals surface area contributed by atoms with Gasteiger partial charge in [-0.3, -0.25) is 0 Å². The van der Waals surface area contributed by atoms with Crippen molar-refractivity contribution in [3.63, 3.8) is 0 Å². The molecule has 22 heavy (non-hydrogen) atoms. The molecule has 2 heteroatoms. The van der Waals surface area contributed by atoms with E-state index in [1.807, 2.05) is 24.3 Å². The molecule has 1 atom stereocenters. The van der Waals surface area contributed by atoms with E-state index in [-0.39, 0.29) is 17.8 Å². The maximum atomic E-state index is 14.3. The molecule has 3 rings (SSSR count). The summed E-state index contributed by atoms with van der Waals surface area (Å²) in [5, 5.41) is 9.48. The Kier molecular flexibility index (Phi) is 4.05. The zero-order valence-corrected chi connectivity index (χ0v) is 13.3. The van der Waals surface area contributed by atoms with Crippen LogP contribution in [0.3, 0.4) is 0 Å². The maximum absolute atomic E-state index is 14.3. The maximum Gasteiger partial charge on any atom is 0.131 e. The highest BCUT2D eigenvalue weighted by Crippen LogP contribution is 2.51. The smallest absolute Gasteiger partial charge is 0.131 e. The second kappa shape index (κ2) is 5.85. The van der Waals surface area contributed by atoms with Gasteiger partial charge >= 0.3 is 0 Å². The van der Waals surface area contributed by atoms with Gasteiger partial charge in [0.15, 0.2) is 0 Å². The molecule has 116 valence electrons. The van der Waals surface area contributed by atoms with Crippen LogP contribution in [0.5, 0.6) is 0 Å². The lowest BCUT2D eigenvalue weighted by Gasteiger charge is -2.29. The lowest BCUT2D eigenvalue weighted by molar-refractivity contribution is 0.281. The van der Waals surface area contributed by atoms with Crippen LogP contribution < -0.4 is 0 Å². The van der Waals surface area contributed by atoms with Crippen molar-refractivity contribution in [1.29, 1.82) is 0 Å². The highest BCUT2D eigenvalue weighted by atomic mass is 19.1. The van der Waals surface area contributed by atoms with Gasteiger partial charge in [-0.1, -0.05) is 56.7 Å². The summed E-state index contributed by atoms with van der Waals surface area (Å²) in [4.78, 5) is 0. The van der Waals surface area contributed by atoms with E-state index in [0.29, 0.717) is 11.5 Å². The molecule has 1 N–H and O–H groups in total. The molecule has 0 aliphatic heterocycles. The minimum absolute atomic E-state index is 0.0255. The Balaban J connectivity index is 2.17. The molecule has 0 radical (unpaired) electrons. The van der Waals surface area contributed by atoms with E-state index in [4.69, 9.17) is 0 Å². The molecule has 0 aromatic heterocycles. The van der Waals surface area contributed by atoms with Crippen LogP contribution in [0.2, 0.25) is 0 Å². The molecular formula is C20H23FO. The molecule has 1 fully saturated rings. The molecule has 1 aliphatic carbocycles. The summed E-state index contributed by atoms with van der Waals surface area (Å²) in [6, 6.07) is 12.9. The van der Waals surface area contributed by atoms with Crippen LogP contribution in [0.25, 0.3) is 11.1 Å². The molecule has 0 heterocycles. The number of hydrogen-bond acceptors (Lipinski definition) is 1. The van der Waals surface area contributed by atoms with Gasteiger partial charge in [-0.05, 0) is 46.9 Å². The molecule has 2 aromatic carbocycles. The van der Waals surface area contributed by atoms with Gasteiger partial charge in [0.05, 0.1) is 6.61 Å². The Bertz CT molecular complexity index is 675. The summed E-state index contributed by atoms with van der Waals surface area (Å²) in [5.74, 6) is 0.227. The van der Waals surface area contributed by atoms with Crippen molar-refractivity contribution in [3.8, 4) is 11.1 Å². The summed E-state index contributed by atoms with van der Waals surface area (Å²) < 4.78 is 14.3. The Labute approximate surface area is 131 Å². The van der Waals surface area contributed by atoms with Crippen LogP contribution in [0, 0.1) is 11.2 Å². The van der Waals surface area contributed by atoms with Crippen LogP contribution in [0.4, 0.5) is 4.39 Å². The number of aliphatic hydroxyl groups is 1. The molecule has 1 aliphatic rings. The van der Waals surface area contributed by atoms with E-state index >= 15 is 0 Å². The standard InChI is InChI=1S/C20H23FO/c1-20(2)11-5-7-18(20)17-12-14(13-22)9-10-15(17)16-6-3-4-8-19(16)21/h3-4,6,8-10,12,18,22H,5,7,11,13H2,1-2H3/t18-/m1/s1. The first kappa shape index (κ1) is 15.2. The molecular weight excluding hydrogens is 275 g/mol. The van der Waals surface area contributed by atoms with Crippen LogP contribution >= 0.6 is 0 Å². The van der Waals surface area contributed by atoms with Crippen molar-refractivity contribution in [1.82, 2.24) is 0 Å². The van der Waals surface area contributed by atoms with Gasteiger partial charge in [0.1, 0.15) is 5.82 Å². The van der Waals surface area contributed by atoms with Crippen molar-refractivity contribution in [2.45, 2.75) is 45.6 Å². The molecule has 1 saturated carbocycles. The molecule has 0 unspecified atom stereocenters. The first-order valence-corrected chi connectivity index (χ1v) is 8.01. The number of aliphatic hydroxyl groups excluding tert-OH is 1. The average Bonchev–Trinajstić information content (AvgIpc) is 2.86. The molecule has 2 aromatic rings. The Morgan fingerprint density at radius 3 is 2.55 bits per heavy atom. The summed E-state index contributed by atoms with van der Waals surface area (Å²) in [7, 11) is 0.